The van der Waals surface area contributed by atoms with E-state index in [4.69, 9.17) is 9.47 Å². The Morgan fingerprint density at radius 2 is 0.826 bits per heavy atom. The van der Waals surface area contributed by atoms with Gasteiger partial charge in [-0.15, -0.1) is 0 Å². The quantitative estimate of drug-likeness (QED) is 0.153. The summed E-state index contributed by atoms with van der Waals surface area (Å²) >= 11 is 0. The van der Waals surface area contributed by atoms with E-state index < -0.39 is 0 Å². The van der Waals surface area contributed by atoms with Crippen LogP contribution < -0.4 is 0 Å². The summed E-state index contributed by atoms with van der Waals surface area (Å²) < 4.78 is 10.4. The highest BCUT2D eigenvalue weighted by atomic mass is 28.1. The zero-order chi connectivity index (χ0) is 17.0. The zero-order valence-corrected chi connectivity index (χ0v) is 16.9. The van der Waals surface area contributed by atoms with E-state index >= 15 is 0 Å². The molecule has 0 N–H and O–H groups in total. The lowest BCUT2D eigenvalue weighted by molar-refractivity contribution is -0.107. The van der Waals surface area contributed by atoms with E-state index in [1.54, 1.807) is 14.2 Å². The van der Waals surface area contributed by atoms with Crippen molar-refractivity contribution < 1.29 is 9.47 Å². The van der Waals surface area contributed by atoms with Crippen LogP contribution in [-0.4, -0.2) is 30.8 Å². The average molecular weight is 342 g/mol. The summed E-state index contributed by atoms with van der Waals surface area (Å²) in [7, 11) is 6.98. The van der Waals surface area contributed by atoms with E-state index in [9.17, 15) is 0 Å². The van der Waals surface area contributed by atoms with Crippen molar-refractivity contribution >= 4 is 10.2 Å². The smallest absolute Gasteiger partial charge is 0.156 e. The normalized spacial score (nSPS) is 11.5. The molecule has 3 radical (unpaired) electrons. The minimum atomic E-state index is -0.000632. The number of methoxy groups -OCH3 is 2. The molecule has 0 fully saturated rings. The molecule has 0 aromatic carbocycles. The molecule has 0 aliphatic rings. The monoisotopic (exact) mass is 341 g/mol. The molecule has 137 valence electrons. The Hall–Kier alpha value is 0.137. The maximum Gasteiger partial charge on any atom is 0.156 e. The molecular weight excluding hydrogens is 300 g/mol. The van der Waals surface area contributed by atoms with Crippen LogP contribution in [0.25, 0.3) is 0 Å². The van der Waals surface area contributed by atoms with Crippen LogP contribution in [0.3, 0.4) is 0 Å². The van der Waals surface area contributed by atoms with Crippen molar-refractivity contribution in [1.82, 2.24) is 0 Å². The van der Waals surface area contributed by atoms with E-state index in [2.05, 4.69) is 10.2 Å². The SMILES string of the molecule is COC(CCCCCCCCCCCCCCCCC[Si])OC. The molecule has 0 saturated heterocycles. The molecule has 23 heavy (non-hydrogen) atoms. The third-order valence-electron chi connectivity index (χ3n) is 4.64. The van der Waals surface area contributed by atoms with Crippen LogP contribution in [0.4, 0.5) is 0 Å². The van der Waals surface area contributed by atoms with Crippen molar-refractivity contribution in [3.05, 3.63) is 0 Å². The first-order valence-corrected chi connectivity index (χ1v) is 10.8. The second-order valence-corrected chi connectivity index (χ2v) is 7.24. The summed E-state index contributed by atoms with van der Waals surface area (Å²) in [6.45, 7) is 0. The van der Waals surface area contributed by atoms with Gasteiger partial charge < -0.3 is 9.47 Å². The molecule has 0 rings (SSSR count). The molecule has 0 aromatic heterocycles. The molecule has 0 saturated carbocycles. The fourth-order valence-electron chi connectivity index (χ4n) is 3.07. The van der Waals surface area contributed by atoms with Crippen LogP contribution in [0.5, 0.6) is 0 Å². The number of ether oxygens (including phenoxy) is 2. The van der Waals surface area contributed by atoms with Crippen LogP contribution in [0, 0.1) is 0 Å². The standard InChI is InChI=1S/C20H41O2Si/c1-21-20(22-2)18-16-14-12-10-8-6-4-3-5-7-9-11-13-15-17-19-23/h20H,3-19H2,1-2H3. The molecule has 0 aromatic rings. The molecule has 0 unspecified atom stereocenters. The first-order chi connectivity index (χ1) is 11.3. The summed E-state index contributed by atoms with van der Waals surface area (Å²) in [5.41, 5.74) is 0. The van der Waals surface area contributed by atoms with Gasteiger partial charge in [0.05, 0.1) is 0 Å². The van der Waals surface area contributed by atoms with E-state index in [1.165, 1.54) is 102 Å². The Morgan fingerprint density at radius 1 is 0.522 bits per heavy atom. The summed E-state index contributed by atoms with van der Waals surface area (Å²) in [6.07, 6.45) is 22.1. The van der Waals surface area contributed by atoms with Crippen LogP contribution in [0.2, 0.25) is 6.04 Å². The first kappa shape index (κ1) is 23.1. The van der Waals surface area contributed by atoms with E-state index in [-0.39, 0.29) is 6.29 Å². The molecule has 0 bridgehead atoms. The van der Waals surface area contributed by atoms with Gasteiger partial charge in [0.2, 0.25) is 0 Å². The fraction of sp³-hybridized carbons (Fsp3) is 1.00. The van der Waals surface area contributed by atoms with Crippen LogP contribution in [0.1, 0.15) is 103 Å². The number of unbranched alkanes of at least 4 members (excludes halogenated alkanes) is 14. The van der Waals surface area contributed by atoms with Crippen molar-refractivity contribution in [3.63, 3.8) is 0 Å². The minimum Gasteiger partial charge on any atom is -0.356 e. The predicted molar refractivity (Wildman–Crippen MR) is 102 cm³/mol. The highest BCUT2D eigenvalue weighted by molar-refractivity contribution is 6.08. The lowest BCUT2D eigenvalue weighted by atomic mass is 10.0. The first-order valence-electron chi connectivity index (χ1n) is 10.0. The van der Waals surface area contributed by atoms with Crippen molar-refractivity contribution in [3.8, 4) is 0 Å². The van der Waals surface area contributed by atoms with Crippen molar-refractivity contribution in [2.24, 2.45) is 0 Å². The van der Waals surface area contributed by atoms with Crippen LogP contribution in [-0.2, 0) is 9.47 Å². The maximum atomic E-state index is 5.20. The second-order valence-electron chi connectivity index (χ2n) is 6.74. The lowest BCUT2D eigenvalue weighted by Crippen LogP contribution is -2.12. The van der Waals surface area contributed by atoms with Gasteiger partial charge in [-0.1, -0.05) is 95.9 Å². The summed E-state index contributed by atoms with van der Waals surface area (Å²) in [6, 6.07) is 1.17. The van der Waals surface area contributed by atoms with Gasteiger partial charge >= 0.3 is 0 Å². The molecule has 3 heteroatoms. The summed E-state index contributed by atoms with van der Waals surface area (Å²) in [5.74, 6) is 0. The largest absolute Gasteiger partial charge is 0.356 e. The zero-order valence-electron chi connectivity index (χ0n) is 15.9. The fourth-order valence-corrected chi connectivity index (χ4v) is 3.32. The topological polar surface area (TPSA) is 18.5 Å². The summed E-state index contributed by atoms with van der Waals surface area (Å²) in [4.78, 5) is 0. The Morgan fingerprint density at radius 3 is 1.13 bits per heavy atom. The Balaban J connectivity index is 3.02. The van der Waals surface area contributed by atoms with Crippen molar-refractivity contribution in [2.75, 3.05) is 14.2 Å². The molecule has 0 aliphatic carbocycles. The Bertz CT molecular complexity index is 208. The minimum absolute atomic E-state index is 0.000632. The van der Waals surface area contributed by atoms with Gasteiger partial charge in [-0.25, -0.2) is 0 Å². The molecular formula is C20H41O2Si. The highest BCUT2D eigenvalue weighted by Crippen LogP contribution is 2.14. The molecule has 0 spiro atoms. The van der Waals surface area contributed by atoms with E-state index in [0.29, 0.717) is 0 Å². The van der Waals surface area contributed by atoms with E-state index in [0.717, 1.165) is 6.42 Å². The third-order valence-corrected chi connectivity index (χ3v) is 5.00. The van der Waals surface area contributed by atoms with E-state index in [1.807, 2.05) is 0 Å². The van der Waals surface area contributed by atoms with Gasteiger partial charge in [-0.05, 0) is 12.8 Å². The number of hydrogen-bond donors (Lipinski definition) is 0. The van der Waals surface area contributed by atoms with Gasteiger partial charge in [-0.2, -0.15) is 0 Å². The van der Waals surface area contributed by atoms with Gasteiger partial charge in [0.25, 0.3) is 0 Å². The third kappa shape index (κ3) is 18.3. The molecule has 0 amide bonds. The summed E-state index contributed by atoms with van der Waals surface area (Å²) in [5, 5.41) is 0. The molecule has 0 aliphatic heterocycles. The van der Waals surface area contributed by atoms with Gasteiger partial charge in [-0.3, -0.25) is 0 Å². The molecule has 0 atom stereocenters. The maximum absolute atomic E-state index is 5.20. The van der Waals surface area contributed by atoms with Gasteiger partial charge in [0.1, 0.15) is 0 Å². The number of hydrogen-bond acceptors (Lipinski definition) is 2. The Kier molecular flexibility index (Phi) is 20.3. The van der Waals surface area contributed by atoms with Gasteiger partial charge in [0.15, 0.2) is 6.29 Å². The van der Waals surface area contributed by atoms with Crippen molar-refractivity contribution in [2.45, 2.75) is 115 Å². The molecule has 2 nitrogen and oxygen atoms in total. The average Bonchev–Trinajstić information content (AvgIpc) is 2.58. The highest BCUT2D eigenvalue weighted by Gasteiger charge is 2.03. The lowest BCUT2D eigenvalue weighted by Gasteiger charge is -2.12. The van der Waals surface area contributed by atoms with Crippen LogP contribution in [0.15, 0.2) is 0 Å². The van der Waals surface area contributed by atoms with Crippen molar-refractivity contribution in [1.29, 1.82) is 0 Å². The second kappa shape index (κ2) is 20.2. The predicted octanol–water partition coefficient (Wildman–Crippen LogP) is 6.43. The molecule has 0 heterocycles. The number of rotatable bonds is 19. The van der Waals surface area contributed by atoms with Crippen LogP contribution >= 0.6 is 0 Å². The Labute approximate surface area is 149 Å². The van der Waals surface area contributed by atoms with Gasteiger partial charge in [0, 0.05) is 24.5 Å².